The number of urea groups is 1. The lowest BCUT2D eigenvalue weighted by Gasteiger charge is -2.28. The summed E-state index contributed by atoms with van der Waals surface area (Å²) in [6, 6.07) is 29.4. The van der Waals surface area contributed by atoms with E-state index in [2.05, 4.69) is 31.7 Å². The predicted molar refractivity (Wildman–Crippen MR) is 248 cm³/mol. The molecular weight excluding hydrogens is 861 g/mol. The van der Waals surface area contributed by atoms with Gasteiger partial charge in [-0.15, -0.1) is 0 Å². The standard InChI is InChI=1S/C49H58N8O10/c1-49(2,3)67-48(64)55-41(28-43(59)66-32-35-19-11-6-12-20-35)45(61)53-39(23-24-42(50)58)44(60)54-40(27-36-29-52-38-22-14-13-21-37(36)38)46(62)56-57(30-33-15-7-4-8-16-33)47(63)51-25-26-65-31-34-17-9-5-10-18-34/h4-22,29,39-41,52H,23-28,30-32H2,1-3H3,(H2,50,58)(H,51,63)(H,53,61)(H,54,60)(H,55,64)(H,56,62). The van der Waals surface area contributed by atoms with Crippen molar-refractivity contribution in [2.24, 2.45) is 5.73 Å². The van der Waals surface area contributed by atoms with Gasteiger partial charge in [-0.25, -0.2) is 14.6 Å². The summed E-state index contributed by atoms with van der Waals surface area (Å²) < 4.78 is 16.5. The molecule has 354 valence electrons. The van der Waals surface area contributed by atoms with Crippen LogP contribution in [-0.2, 0) is 64.4 Å². The van der Waals surface area contributed by atoms with Crippen molar-refractivity contribution in [3.8, 4) is 0 Å². The van der Waals surface area contributed by atoms with Gasteiger partial charge in [-0.3, -0.25) is 29.4 Å². The number of H-pyrrole nitrogens is 1. The normalized spacial score (nSPS) is 12.4. The molecule has 1 heterocycles. The van der Waals surface area contributed by atoms with E-state index in [9.17, 15) is 33.6 Å². The quantitative estimate of drug-likeness (QED) is 0.0292. The monoisotopic (exact) mass is 918 g/mol. The van der Waals surface area contributed by atoms with Crippen LogP contribution in [0.25, 0.3) is 10.9 Å². The Bertz CT molecular complexity index is 2430. The number of aromatic nitrogens is 1. The van der Waals surface area contributed by atoms with Gasteiger partial charge in [0.25, 0.3) is 5.91 Å². The van der Waals surface area contributed by atoms with Crippen molar-refractivity contribution in [2.75, 3.05) is 13.2 Å². The number of carbonyl (C=O) groups is 7. The van der Waals surface area contributed by atoms with Crippen molar-refractivity contribution < 1.29 is 47.8 Å². The molecule has 3 unspecified atom stereocenters. The third kappa shape index (κ3) is 17.3. The molecule has 0 saturated carbocycles. The number of alkyl carbamates (subject to hydrolysis) is 1. The van der Waals surface area contributed by atoms with E-state index in [0.29, 0.717) is 23.3 Å². The van der Waals surface area contributed by atoms with Crippen molar-refractivity contribution in [3.05, 3.63) is 144 Å². The van der Waals surface area contributed by atoms with Crippen molar-refractivity contribution in [2.45, 2.75) is 89.9 Å². The second-order valence-corrected chi connectivity index (χ2v) is 16.6. The first-order valence-electron chi connectivity index (χ1n) is 21.8. The fraction of sp³-hybridized carbons (Fsp3) is 0.327. The van der Waals surface area contributed by atoms with Gasteiger partial charge in [-0.2, -0.15) is 0 Å². The lowest BCUT2D eigenvalue weighted by atomic mass is 10.0. The van der Waals surface area contributed by atoms with Gasteiger partial charge in [0.2, 0.25) is 17.7 Å². The number of amides is 7. The fourth-order valence-corrected chi connectivity index (χ4v) is 6.68. The van der Waals surface area contributed by atoms with Crippen molar-refractivity contribution >= 4 is 52.6 Å². The van der Waals surface area contributed by atoms with Gasteiger partial charge in [0.15, 0.2) is 0 Å². The third-order valence-corrected chi connectivity index (χ3v) is 9.97. The van der Waals surface area contributed by atoms with Gasteiger partial charge in [0.05, 0.1) is 26.2 Å². The summed E-state index contributed by atoms with van der Waals surface area (Å²) >= 11 is 0. The molecule has 18 heteroatoms. The zero-order valence-corrected chi connectivity index (χ0v) is 37.8. The van der Waals surface area contributed by atoms with Crippen LogP contribution in [0.15, 0.2) is 121 Å². The molecule has 0 fully saturated rings. The maximum atomic E-state index is 14.5. The van der Waals surface area contributed by atoms with Crippen LogP contribution in [0.4, 0.5) is 9.59 Å². The molecule has 3 atom stereocenters. The molecule has 0 saturated heterocycles. The summed E-state index contributed by atoms with van der Waals surface area (Å²) in [4.78, 5) is 97.8. The fourth-order valence-electron chi connectivity index (χ4n) is 6.68. The Kier molecular flexibility index (Phi) is 18.8. The van der Waals surface area contributed by atoms with E-state index in [1.807, 2.05) is 60.7 Å². The van der Waals surface area contributed by atoms with Gasteiger partial charge in [-0.05, 0) is 55.5 Å². The van der Waals surface area contributed by atoms with E-state index in [1.165, 1.54) is 0 Å². The zero-order chi connectivity index (χ0) is 48.2. The topological polar surface area (TPSA) is 252 Å². The second-order valence-electron chi connectivity index (χ2n) is 16.6. The summed E-state index contributed by atoms with van der Waals surface area (Å²) in [6.45, 7) is 5.27. The number of para-hydroxylation sites is 1. The van der Waals surface area contributed by atoms with E-state index in [4.69, 9.17) is 19.9 Å². The molecule has 0 aliphatic heterocycles. The molecule has 4 aromatic carbocycles. The van der Waals surface area contributed by atoms with Crippen LogP contribution in [0.5, 0.6) is 0 Å². The molecule has 0 bridgehead atoms. The highest BCUT2D eigenvalue weighted by molar-refractivity contribution is 5.96. The van der Waals surface area contributed by atoms with E-state index in [-0.39, 0.29) is 45.6 Å². The number of primary amides is 1. The number of nitrogens with one attached hydrogen (secondary N) is 6. The summed E-state index contributed by atoms with van der Waals surface area (Å²) in [5, 5.41) is 12.2. The van der Waals surface area contributed by atoms with Crippen LogP contribution >= 0.6 is 0 Å². The number of nitrogens with two attached hydrogens (primary N) is 1. The third-order valence-electron chi connectivity index (χ3n) is 9.97. The minimum absolute atomic E-state index is 0.0614. The number of fused-ring (bicyclic) bond motifs is 1. The molecule has 0 radical (unpaired) electrons. The van der Waals surface area contributed by atoms with E-state index >= 15 is 0 Å². The number of hydrogen-bond donors (Lipinski definition) is 7. The summed E-state index contributed by atoms with van der Waals surface area (Å²) in [5.41, 5.74) is 10.9. The maximum absolute atomic E-state index is 14.5. The van der Waals surface area contributed by atoms with E-state index in [1.54, 1.807) is 81.6 Å². The lowest BCUT2D eigenvalue weighted by molar-refractivity contribution is -0.147. The van der Waals surface area contributed by atoms with Crippen LogP contribution in [0.1, 0.15) is 62.3 Å². The molecule has 5 rings (SSSR count). The van der Waals surface area contributed by atoms with Crippen LogP contribution in [0, 0.1) is 0 Å². The number of esters is 1. The highest BCUT2D eigenvalue weighted by atomic mass is 16.6. The Morgan fingerprint density at radius 1 is 0.687 bits per heavy atom. The number of carbonyl (C=O) groups excluding carboxylic acids is 7. The molecular formula is C49H58N8O10. The molecule has 0 aliphatic rings. The molecule has 0 spiro atoms. The maximum Gasteiger partial charge on any atom is 0.408 e. The molecule has 5 aromatic rings. The first kappa shape index (κ1) is 50.3. The van der Waals surface area contributed by atoms with Gasteiger partial charge in [0.1, 0.15) is 30.3 Å². The van der Waals surface area contributed by atoms with Gasteiger partial charge < -0.3 is 46.2 Å². The zero-order valence-electron chi connectivity index (χ0n) is 37.8. The first-order valence-corrected chi connectivity index (χ1v) is 21.8. The molecule has 18 nitrogen and oxygen atoms in total. The lowest BCUT2D eigenvalue weighted by Crippen LogP contribution is -2.60. The number of hydrazine groups is 1. The van der Waals surface area contributed by atoms with Gasteiger partial charge >= 0.3 is 18.1 Å². The van der Waals surface area contributed by atoms with Crippen molar-refractivity contribution in [1.82, 2.24) is 36.7 Å². The van der Waals surface area contributed by atoms with Crippen molar-refractivity contribution in [1.29, 1.82) is 0 Å². The minimum atomic E-state index is -1.61. The largest absolute Gasteiger partial charge is 0.461 e. The second kappa shape index (κ2) is 25.1. The Balaban J connectivity index is 1.36. The van der Waals surface area contributed by atoms with E-state index < -0.39 is 71.9 Å². The SMILES string of the molecule is CC(C)(C)OC(=O)NC(CC(=O)OCc1ccccc1)C(=O)NC(CCC(N)=O)C(=O)NC(Cc1c[nH]c2ccccc12)C(=O)NN(Cc1ccccc1)C(=O)NCCOCc1ccccc1. The van der Waals surface area contributed by atoms with Crippen LogP contribution < -0.4 is 32.4 Å². The molecule has 7 amide bonds. The van der Waals surface area contributed by atoms with E-state index in [0.717, 1.165) is 21.5 Å². The average molecular weight is 919 g/mol. The minimum Gasteiger partial charge on any atom is -0.461 e. The smallest absolute Gasteiger partial charge is 0.408 e. The number of rotatable bonds is 22. The summed E-state index contributed by atoms with van der Waals surface area (Å²) in [5.74, 6) is -4.34. The number of benzene rings is 4. The first-order chi connectivity index (χ1) is 32.1. The number of nitrogens with zero attached hydrogens (tertiary/aromatic N) is 1. The highest BCUT2D eigenvalue weighted by Crippen LogP contribution is 2.20. The van der Waals surface area contributed by atoms with Crippen LogP contribution in [-0.4, -0.2) is 88.6 Å². The van der Waals surface area contributed by atoms with Gasteiger partial charge in [0, 0.05) is 36.5 Å². The molecule has 8 N–H and O–H groups in total. The number of hydrogen-bond acceptors (Lipinski definition) is 10. The Labute approximate surface area is 388 Å². The average Bonchev–Trinajstić information content (AvgIpc) is 3.71. The van der Waals surface area contributed by atoms with Gasteiger partial charge in [-0.1, -0.05) is 109 Å². The molecule has 1 aromatic heterocycles. The van der Waals surface area contributed by atoms with Crippen LogP contribution in [0.3, 0.4) is 0 Å². The number of ether oxygens (including phenoxy) is 3. The Morgan fingerprint density at radius 3 is 1.91 bits per heavy atom. The molecule has 0 aliphatic carbocycles. The Morgan fingerprint density at radius 2 is 1.27 bits per heavy atom. The Hall–Kier alpha value is -7.73. The predicted octanol–water partition coefficient (Wildman–Crippen LogP) is 4.43. The van der Waals surface area contributed by atoms with Crippen LogP contribution in [0.2, 0.25) is 0 Å². The summed E-state index contributed by atoms with van der Waals surface area (Å²) in [7, 11) is 0. The number of aromatic amines is 1. The highest BCUT2D eigenvalue weighted by Gasteiger charge is 2.33. The molecule has 67 heavy (non-hydrogen) atoms. The van der Waals surface area contributed by atoms with Crippen molar-refractivity contribution in [3.63, 3.8) is 0 Å². The summed E-state index contributed by atoms with van der Waals surface area (Å²) in [6.07, 6.45) is -0.797.